The maximum atomic E-state index is 12.1. The molecule has 0 bridgehead atoms. The highest BCUT2D eigenvalue weighted by Gasteiger charge is 2.12. The molecule has 0 radical (unpaired) electrons. The topological polar surface area (TPSA) is 100 Å². The van der Waals surface area contributed by atoms with Crippen molar-refractivity contribution in [3.8, 4) is 17.3 Å². The van der Waals surface area contributed by atoms with Crippen LogP contribution in [-0.2, 0) is 10.0 Å². The number of nitrogens with one attached hydrogen (secondary N) is 1. The Kier molecular flexibility index (Phi) is 4.67. The molecule has 128 valence electrons. The molecule has 0 saturated heterocycles. The van der Waals surface area contributed by atoms with Gasteiger partial charge in [0.05, 0.1) is 11.4 Å². The van der Waals surface area contributed by atoms with Gasteiger partial charge in [0.2, 0.25) is 10.0 Å². The third-order valence-corrected chi connectivity index (χ3v) is 5.11. The molecule has 1 N–H and O–H groups in total. The monoisotopic (exact) mass is 355 g/mol. The zero-order chi connectivity index (χ0) is 17.9. The summed E-state index contributed by atoms with van der Waals surface area (Å²) in [5.74, 6) is 0.0975. The van der Waals surface area contributed by atoms with Gasteiger partial charge in [0.1, 0.15) is 12.4 Å². The molecular weight excluding hydrogens is 338 g/mol. The molecule has 2 heterocycles. The van der Waals surface area contributed by atoms with Crippen molar-refractivity contribution in [1.82, 2.24) is 14.4 Å². The predicted octanol–water partition coefficient (Wildman–Crippen LogP) is 2.81. The normalized spacial score (nSPS) is 11.4. The summed E-state index contributed by atoms with van der Waals surface area (Å²) in [6.45, 7) is 1.95. The standard InChI is InChI=1S/C17H17N5O2S/c1-2-3-9-25(23,24)21-14-6-4-5-13(10-14)16-7-8-19-17-15(11-18)20-12-22(16)17/h4-8,10,12,21H,2-3,9H2,1H3. The first-order chi connectivity index (χ1) is 12.0. The Morgan fingerprint density at radius 3 is 2.88 bits per heavy atom. The number of unbranched alkanes of at least 4 members (excludes halogenated alkanes) is 1. The Morgan fingerprint density at radius 1 is 1.28 bits per heavy atom. The van der Waals surface area contributed by atoms with E-state index in [-0.39, 0.29) is 11.4 Å². The van der Waals surface area contributed by atoms with Gasteiger partial charge < -0.3 is 0 Å². The summed E-state index contributed by atoms with van der Waals surface area (Å²) in [4.78, 5) is 8.22. The fourth-order valence-electron chi connectivity index (χ4n) is 2.52. The lowest BCUT2D eigenvalue weighted by atomic mass is 10.1. The molecule has 25 heavy (non-hydrogen) atoms. The summed E-state index contributed by atoms with van der Waals surface area (Å²) in [6, 6.07) is 10.9. The van der Waals surface area contributed by atoms with Gasteiger partial charge in [0.15, 0.2) is 11.3 Å². The van der Waals surface area contributed by atoms with Crippen LogP contribution in [0.25, 0.3) is 16.9 Å². The highest BCUT2D eigenvalue weighted by Crippen LogP contribution is 2.24. The van der Waals surface area contributed by atoms with Crippen LogP contribution in [-0.4, -0.2) is 28.5 Å². The molecule has 0 amide bonds. The van der Waals surface area contributed by atoms with Crippen LogP contribution >= 0.6 is 0 Å². The largest absolute Gasteiger partial charge is 0.284 e. The average molecular weight is 355 g/mol. The van der Waals surface area contributed by atoms with Gasteiger partial charge >= 0.3 is 0 Å². The third kappa shape index (κ3) is 3.61. The first kappa shape index (κ1) is 16.9. The third-order valence-electron chi connectivity index (χ3n) is 3.74. The summed E-state index contributed by atoms with van der Waals surface area (Å²) in [5, 5.41) is 9.09. The number of fused-ring (bicyclic) bond motifs is 1. The first-order valence-corrected chi connectivity index (χ1v) is 9.52. The van der Waals surface area contributed by atoms with E-state index >= 15 is 0 Å². The number of nitriles is 1. The number of sulfonamides is 1. The predicted molar refractivity (Wildman–Crippen MR) is 95.5 cm³/mol. The Hall–Kier alpha value is -2.92. The van der Waals surface area contributed by atoms with Crippen LogP contribution in [0, 0.1) is 11.3 Å². The molecule has 3 aromatic rings. The van der Waals surface area contributed by atoms with E-state index in [2.05, 4.69) is 14.7 Å². The molecule has 0 saturated carbocycles. The van der Waals surface area contributed by atoms with Gasteiger partial charge in [-0.05, 0) is 24.6 Å². The average Bonchev–Trinajstić information content (AvgIpc) is 3.03. The number of rotatable bonds is 6. The van der Waals surface area contributed by atoms with Gasteiger partial charge in [0, 0.05) is 17.4 Å². The summed E-state index contributed by atoms with van der Waals surface area (Å²) in [5.41, 5.74) is 2.78. The second-order valence-corrected chi connectivity index (χ2v) is 7.43. The van der Waals surface area contributed by atoms with Crippen LogP contribution in [0.4, 0.5) is 5.69 Å². The van der Waals surface area contributed by atoms with Crippen LogP contribution in [0.5, 0.6) is 0 Å². The molecule has 0 fully saturated rings. The fraction of sp³-hybridized carbons (Fsp3) is 0.235. The molecule has 8 heteroatoms. The minimum absolute atomic E-state index is 0.0975. The van der Waals surface area contributed by atoms with Crippen molar-refractivity contribution in [3.63, 3.8) is 0 Å². The van der Waals surface area contributed by atoms with Crippen molar-refractivity contribution >= 4 is 21.4 Å². The van der Waals surface area contributed by atoms with E-state index in [0.717, 1.165) is 17.7 Å². The summed E-state index contributed by atoms with van der Waals surface area (Å²) < 4.78 is 28.5. The van der Waals surface area contributed by atoms with E-state index in [9.17, 15) is 8.42 Å². The summed E-state index contributed by atoms with van der Waals surface area (Å²) >= 11 is 0. The van der Waals surface area contributed by atoms with Gasteiger partial charge in [-0.2, -0.15) is 5.26 Å². The summed E-state index contributed by atoms with van der Waals surface area (Å²) in [6.07, 6.45) is 4.57. The number of benzene rings is 1. The van der Waals surface area contributed by atoms with Crippen molar-refractivity contribution in [3.05, 3.63) is 48.5 Å². The van der Waals surface area contributed by atoms with Crippen LogP contribution in [0.2, 0.25) is 0 Å². The smallest absolute Gasteiger partial charge is 0.232 e. The maximum Gasteiger partial charge on any atom is 0.232 e. The maximum absolute atomic E-state index is 12.1. The zero-order valence-electron chi connectivity index (χ0n) is 13.7. The molecule has 0 unspecified atom stereocenters. The Labute approximate surface area is 146 Å². The Bertz CT molecular complexity index is 1050. The van der Waals surface area contributed by atoms with Crippen LogP contribution in [0.15, 0.2) is 42.9 Å². The molecular formula is C17H17N5O2S. The van der Waals surface area contributed by atoms with Crippen molar-refractivity contribution in [2.75, 3.05) is 10.5 Å². The number of imidazole rings is 1. The minimum Gasteiger partial charge on any atom is -0.284 e. The van der Waals surface area contributed by atoms with Crippen molar-refractivity contribution in [2.24, 2.45) is 0 Å². The van der Waals surface area contributed by atoms with Crippen LogP contribution < -0.4 is 4.72 Å². The second kappa shape index (κ2) is 6.91. The van der Waals surface area contributed by atoms with Crippen molar-refractivity contribution in [2.45, 2.75) is 19.8 Å². The van der Waals surface area contributed by atoms with Gasteiger partial charge in [0.25, 0.3) is 0 Å². The minimum atomic E-state index is -3.36. The Morgan fingerprint density at radius 2 is 2.12 bits per heavy atom. The SMILES string of the molecule is CCCCS(=O)(=O)Nc1cccc(-c2ccnc3c(C#N)ncn23)c1. The van der Waals surface area contributed by atoms with E-state index in [1.807, 2.05) is 19.1 Å². The van der Waals surface area contributed by atoms with E-state index in [1.54, 1.807) is 34.9 Å². The van der Waals surface area contributed by atoms with Gasteiger partial charge in [-0.1, -0.05) is 25.5 Å². The van der Waals surface area contributed by atoms with Crippen molar-refractivity contribution in [1.29, 1.82) is 5.26 Å². The number of hydrogen-bond acceptors (Lipinski definition) is 5. The van der Waals surface area contributed by atoms with Crippen LogP contribution in [0.3, 0.4) is 0 Å². The number of aromatic nitrogens is 3. The Balaban J connectivity index is 1.98. The van der Waals surface area contributed by atoms with Crippen molar-refractivity contribution < 1.29 is 8.42 Å². The number of anilines is 1. The van der Waals surface area contributed by atoms with E-state index in [1.165, 1.54) is 6.33 Å². The van der Waals surface area contributed by atoms with E-state index in [0.29, 0.717) is 17.8 Å². The molecule has 0 aliphatic heterocycles. The molecule has 1 aromatic carbocycles. The van der Waals surface area contributed by atoms with Crippen LogP contribution in [0.1, 0.15) is 25.5 Å². The highest BCUT2D eigenvalue weighted by molar-refractivity contribution is 7.92. The lowest BCUT2D eigenvalue weighted by molar-refractivity contribution is 0.598. The van der Waals surface area contributed by atoms with E-state index in [4.69, 9.17) is 5.26 Å². The molecule has 0 aliphatic carbocycles. The molecule has 2 aromatic heterocycles. The molecule has 0 atom stereocenters. The lowest BCUT2D eigenvalue weighted by Crippen LogP contribution is -2.16. The molecule has 0 spiro atoms. The molecule has 0 aliphatic rings. The van der Waals surface area contributed by atoms with Gasteiger partial charge in [-0.15, -0.1) is 0 Å². The number of nitrogens with zero attached hydrogens (tertiary/aromatic N) is 4. The first-order valence-electron chi connectivity index (χ1n) is 7.87. The fourth-order valence-corrected chi connectivity index (χ4v) is 3.78. The second-order valence-electron chi connectivity index (χ2n) is 5.58. The highest BCUT2D eigenvalue weighted by atomic mass is 32.2. The van der Waals surface area contributed by atoms with E-state index < -0.39 is 10.0 Å². The van der Waals surface area contributed by atoms with Gasteiger partial charge in [-0.25, -0.2) is 18.4 Å². The lowest BCUT2D eigenvalue weighted by Gasteiger charge is -2.10. The van der Waals surface area contributed by atoms with Gasteiger partial charge in [-0.3, -0.25) is 9.12 Å². The molecule has 7 nitrogen and oxygen atoms in total. The quantitative estimate of drug-likeness (QED) is 0.733. The summed E-state index contributed by atoms with van der Waals surface area (Å²) in [7, 11) is -3.36. The molecule has 3 rings (SSSR count). The number of hydrogen-bond donors (Lipinski definition) is 1. The zero-order valence-corrected chi connectivity index (χ0v) is 14.5.